The van der Waals surface area contributed by atoms with Gasteiger partial charge >= 0.3 is 0 Å². The molecule has 1 aromatic rings. The first-order chi connectivity index (χ1) is 5.83. The van der Waals surface area contributed by atoms with E-state index in [2.05, 4.69) is 5.32 Å². The molecule has 0 aliphatic rings. The number of hydrogen-bond donors (Lipinski definition) is 3. The molecule has 0 saturated carbocycles. The number of benzene rings is 1. The van der Waals surface area contributed by atoms with E-state index in [1.165, 1.54) is 0 Å². The van der Waals surface area contributed by atoms with Crippen LogP contribution in [0.25, 0.3) is 0 Å². The third-order valence-corrected chi connectivity index (χ3v) is 1.30. The zero-order valence-electron chi connectivity index (χ0n) is 6.45. The molecule has 0 radical (unpaired) electrons. The van der Waals surface area contributed by atoms with Crippen LogP contribution in [0, 0.1) is 0 Å². The molecule has 0 aliphatic heterocycles. The first kappa shape index (κ1) is 8.70. The van der Waals surface area contributed by atoms with Crippen molar-refractivity contribution in [3.63, 3.8) is 0 Å². The van der Waals surface area contributed by atoms with E-state index < -0.39 is 0 Å². The van der Waals surface area contributed by atoms with Crippen molar-refractivity contribution in [1.82, 2.24) is 5.48 Å². The largest absolute Gasteiger partial charge is 0.325 e. The van der Waals surface area contributed by atoms with Crippen LogP contribution in [0.2, 0.25) is 0 Å². The molecule has 1 rings (SSSR count). The molecule has 0 aromatic heterocycles. The SMILES string of the molecule is O=C(CNO)Nc1ccccc1. The predicted molar refractivity (Wildman–Crippen MR) is 44.9 cm³/mol. The van der Waals surface area contributed by atoms with Crippen molar-refractivity contribution in [2.24, 2.45) is 0 Å². The minimum atomic E-state index is -0.274. The van der Waals surface area contributed by atoms with Gasteiger partial charge in [0.05, 0.1) is 0 Å². The Morgan fingerprint density at radius 1 is 1.33 bits per heavy atom. The van der Waals surface area contributed by atoms with Gasteiger partial charge < -0.3 is 10.5 Å². The molecule has 4 heteroatoms. The second-order valence-electron chi connectivity index (χ2n) is 2.25. The van der Waals surface area contributed by atoms with Crippen LogP contribution in [0.4, 0.5) is 5.69 Å². The van der Waals surface area contributed by atoms with Gasteiger partial charge in [0.1, 0.15) is 6.54 Å². The van der Waals surface area contributed by atoms with Gasteiger partial charge in [-0.2, -0.15) is 5.48 Å². The fraction of sp³-hybridized carbons (Fsp3) is 0.125. The topological polar surface area (TPSA) is 61.4 Å². The Labute approximate surface area is 70.2 Å². The second kappa shape index (κ2) is 4.48. The van der Waals surface area contributed by atoms with Gasteiger partial charge in [0.15, 0.2) is 0 Å². The van der Waals surface area contributed by atoms with E-state index in [0.29, 0.717) is 0 Å². The smallest absolute Gasteiger partial charge is 0.240 e. The summed E-state index contributed by atoms with van der Waals surface area (Å²) >= 11 is 0. The Balaban J connectivity index is 2.47. The summed E-state index contributed by atoms with van der Waals surface area (Å²) in [5.41, 5.74) is 2.50. The molecule has 0 unspecified atom stereocenters. The molecule has 64 valence electrons. The summed E-state index contributed by atoms with van der Waals surface area (Å²) in [4.78, 5) is 10.9. The minimum Gasteiger partial charge on any atom is -0.325 e. The van der Waals surface area contributed by atoms with Gasteiger partial charge in [0, 0.05) is 5.69 Å². The summed E-state index contributed by atoms with van der Waals surface area (Å²) in [7, 11) is 0. The average Bonchev–Trinajstić information content (AvgIpc) is 2.06. The maximum absolute atomic E-state index is 10.9. The van der Waals surface area contributed by atoms with Crippen LogP contribution in [0.15, 0.2) is 30.3 Å². The summed E-state index contributed by atoms with van der Waals surface area (Å²) in [6, 6.07) is 9.05. The van der Waals surface area contributed by atoms with Crippen LogP contribution in [0.5, 0.6) is 0 Å². The highest BCUT2D eigenvalue weighted by atomic mass is 16.5. The highest BCUT2D eigenvalue weighted by Crippen LogP contribution is 2.03. The zero-order valence-corrected chi connectivity index (χ0v) is 6.45. The Morgan fingerprint density at radius 3 is 2.58 bits per heavy atom. The van der Waals surface area contributed by atoms with Crippen molar-refractivity contribution >= 4 is 11.6 Å². The predicted octanol–water partition coefficient (Wildman–Crippen LogP) is 0.604. The number of carbonyl (C=O) groups excluding carboxylic acids is 1. The Morgan fingerprint density at radius 2 is 2.00 bits per heavy atom. The number of carbonyl (C=O) groups is 1. The van der Waals surface area contributed by atoms with Crippen molar-refractivity contribution < 1.29 is 10.0 Å². The van der Waals surface area contributed by atoms with Gasteiger partial charge in [-0.25, -0.2) is 0 Å². The van der Waals surface area contributed by atoms with Crippen LogP contribution in [0.3, 0.4) is 0 Å². The molecule has 0 spiro atoms. The van der Waals surface area contributed by atoms with Crippen LogP contribution >= 0.6 is 0 Å². The Kier molecular flexibility index (Phi) is 3.25. The van der Waals surface area contributed by atoms with E-state index in [1.54, 1.807) is 17.6 Å². The van der Waals surface area contributed by atoms with Gasteiger partial charge in [-0.3, -0.25) is 4.79 Å². The van der Waals surface area contributed by atoms with Crippen molar-refractivity contribution in [2.45, 2.75) is 0 Å². The van der Waals surface area contributed by atoms with Crippen molar-refractivity contribution in [3.8, 4) is 0 Å². The fourth-order valence-corrected chi connectivity index (χ4v) is 0.798. The molecule has 1 amide bonds. The van der Waals surface area contributed by atoms with Crippen molar-refractivity contribution in [1.29, 1.82) is 0 Å². The number of hydroxylamine groups is 1. The summed E-state index contributed by atoms with van der Waals surface area (Å²) in [6.45, 7) is -0.102. The maximum Gasteiger partial charge on any atom is 0.240 e. The molecule has 0 aliphatic carbocycles. The van der Waals surface area contributed by atoms with E-state index >= 15 is 0 Å². The lowest BCUT2D eigenvalue weighted by Crippen LogP contribution is -2.25. The summed E-state index contributed by atoms with van der Waals surface area (Å²) in [5, 5.41) is 10.8. The van der Waals surface area contributed by atoms with E-state index in [0.717, 1.165) is 5.69 Å². The van der Waals surface area contributed by atoms with Gasteiger partial charge in [-0.05, 0) is 12.1 Å². The fourth-order valence-electron chi connectivity index (χ4n) is 0.798. The molecular formula is C8H10N2O2. The number of nitrogens with one attached hydrogen (secondary N) is 2. The van der Waals surface area contributed by atoms with E-state index in [9.17, 15) is 4.79 Å². The van der Waals surface area contributed by atoms with Crippen LogP contribution in [-0.2, 0) is 4.79 Å². The highest BCUT2D eigenvalue weighted by molar-refractivity contribution is 5.92. The second-order valence-corrected chi connectivity index (χ2v) is 2.25. The Hall–Kier alpha value is -1.39. The summed E-state index contributed by atoms with van der Waals surface area (Å²) < 4.78 is 0. The molecule has 3 N–H and O–H groups in total. The normalized spacial score (nSPS) is 9.42. The van der Waals surface area contributed by atoms with Gasteiger partial charge in [-0.1, -0.05) is 18.2 Å². The molecule has 0 saturated heterocycles. The molecule has 0 bridgehead atoms. The monoisotopic (exact) mass is 166 g/mol. The quantitative estimate of drug-likeness (QED) is 0.576. The number of amides is 1. The number of anilines is 1. The van der Waals surface area contributed by atoms with Crippen molar-refractivity contribution in [3.05, 3.63) is 30.3 Å². The van der Waals surface area contributed by atoms with E-state index in [1.807, 2.05) is 18.2 Å². The molecule has 0 atom stereocenters. The molecule has 1 aromatic carbocycles. The first-order valence-corrected chi connectivity index (χ1v) is 3.55. The van der Waals surface area contributed by atoms with Gasteiger partial charge in [-0.15, -0.1) is 0 Å². The lowest BCUT2D eigenvalue weighted by Gasteiger charge is -2.02. The summed E-state index contributed by atoms with van der Waals surface area (Å²) in [6.07, 6.45) is 0. The summed E-state index contributed by atoms with van der Waals surface area (Å²) in [5.74, 6) is -0.274. The van der Waals surface area contributed by atoms with E-state index in [-0.39, 0.29) is 12.5 Å². The third-order valence-electron chi connectivity index (χ3n) is 1.30. The minimum absolute atomic E-state index is 0.102. The van der Waals surface area contributed by atoms with Gasteiger partial charge in [0.2, 0.25) is 5.91 Å². The number of para-hydroxylation sites is 1. The lowest BCUT2D eigenvalue weighted by atomic mass is 10.3. The molecular weight excluding hydrogens is 156 g/mol. The highest BCUT2D eigenvalue weighted by Gasteiger charge is 1.98. The molecule has 0 fully saturated rings. The molecule has 12 heavy (non-hydrogen) atoms. The van der Waals surface area contributed by atoms with Crippen molar-refractivity contribution in [2.75, 3.05) is 11.9 Å². The van der Waals surface area contributed by atoms with E-state index in [4.69, 9.17) is 5.21 Å². The lowest BCUT2D eigenvalue weighted by molar-refractivity contribution is -0.116. The van der Waals surface area contributed by atoms with Crippen LogP contribution in [0.1, 0.15) is 0 Å². The average molecular weight is 166 g/mol. The zero-order chi connectivity index (χ0) is 8.81. The van der Waals surface area contributed by atoms with Crippen LogP contribution < -0.4 is 10.8 Å². The molecule has 4 nitrogen and oxygen atoms in total. The maximum atomic E-state index is 10.9. The standard InChI is InChI=1S/C8H10N2O2/c11-8(6-9-12)10-7-4-2-1-3-5-7/h1-5,9,12H,6H2,(H,10,11). The van der Waals surface area contributed by atoms with Gasteiger partial charge in [0.25, 0.3) is 0 Å². The third kappa shape index (κ3) is 2.69. The molecule has 0 heterocycles. The Bertz CT molecular complexity index is 248. The number of hydrogen-bond acceptors (Lipinski definition) is 3. The first-order valence-electron chi connectivity index (χ1n) is 3.55. The van der Waals surface area contributed by atoms with Crippen LogP contribution in [-0.4, -0.2) is 17.7 Å². The number of rotatable bonds is 3.